The fourth-order valence-corrected chi connectivity index (χ4v) is 5.71. The first kappa shape index (κ1) is 25.4. The molecule has 37 heavy (non-hydrogen) atoms. The van der Waals surface area contributed by atoms with Crippen molar-refractivity contribution in [3.8, 4) is 11.1 Å². The number of hydrogen-bond acceptors (Lipinski definition) is 6. The van der Waals surface area contributed by atoms with Crippen LogP contribution in [0.2, 0.25) is 5.02 Å². The molecule has 1 N–H and O–H groups in total. The first-order chi connectivity index (χ1) is 17.8. The van der Waals surface area contributed by atoms with Gasteiger partial charge in [0.25, 0.3) is 0 Å². The number of rotatable bonds is 6. The normalized spacial score (nSPS) is 19.0. The largest absolute Gasteiger partial charge is 0.361 e. The maximum atomic E-state index is 13.3. The van der Waals surface area contributed by atoms with Gasteiger partial charge in [-0.3, -0.25) is 14.5 Å². The molecule has 2 aromatic heterocycles. The molecule has 2 aliphatic rings. The molecule has 1 atom stereocenters. The van der Waals surface area contributed by atoms with Gasteiger partial charge in [-0.25, -0.2) is 4.98 Å². The third kappa shape index (κ3) is 5.40. The molecular weight excluding hydrogens is 490 g/mol. The van der Waals surface area contributed by atoms with Crippen LogP contribution in [0.1, 0.15) is 48.3 Å². The Balaban J connectivity index is 1.22. The van der Waals surface area contributed by atoms with Crippen LogP contribution in [0.15, 0.2) is 41.1 Å². The summed E-state index contributed by atoms with van der Waals surface area (Å²) < 4.78 is 5.28. The van der Waals surface area contributed by atoms with Gasteiger partial charge in [0, 0.05) is 48.9 Å². The number of carbonyl (C=O) groups is 2. The number of aromatic nitrogens is 2. The van der Waals surface area contributed by atoms with Crippen LogP contribution in [0.25, 0.3) is 11.1 Å². The zero-order valence-corrected chi connectivity index (χ0v) is 22.2. The van der Waals surface area contributed by atoms with E-state index in [4.69, 9.17) is 16.1 Å². The van der Waals surface area contributed by atoms with Gasteiger partial charge in [0.05, 0.1) is 5.69 Å². The van der Waals surface area contributed by atoms with Crippen molar-refractivity contribution < 1.29 is 14.1 Å². The number of benzene rings is 1. The second-order valence-electron chi connectivity index (χ2n) is 10.1. The first-order valence-corrected chi connectivity index (χ1v) is 13.2. The van der Waals surface area contributed by atoms with Crippen LogP contribution in [0.4, 0.5) is 5.82 Å². The average molecular weight is 522 g/mol. The molecule has 0 bridgehead atoms. The van der Waals surface area contributed by atoms with Gasteiger partial charge in [0.15, 0.2) is 0 Å². The molecule has 3 aromatic rings. The summed E-state index contributed by atoms with van der Waals surface area (Å²) in [5, 5.41) is 7.75. The van der Waals surface area contributed by atoms with Crippen molar-refractivity contribution in [1.82, 2.24) is 19.9 Å². The minimum Gasteiger partial charge on any atom is -0.361 e. The van der Waals surface area contributed by atoms with Crippen LogP contribution >= 0.6 is 11.6 Å². The molecule has 0 radical (unpaired) electrons. The van der Waals surface area contributed by atoms with Gasteiger partial charge < -0.3 is 14.7 Å². The van der Waals surface area contributed by atoms with Gasteiger partial charge in [0.1, 0.15) is 17.6 Å². The predicted octanol–water partition coefficient (Wildman–Crippen LogP) is 4.91. The van der Waals surface area contributed by atoms with E-state index in [1.54, 1.807) is 6.20 Å². The maximum Gasteiger partial charge on any atom is 0.248 e. The molecule has 2 saturated heterocycles. The highest BCUT2D eigenvalue weighted by Gasteiger charge is 2.41. The number of pyridine rings is 1. The topological polar surface area (TPSA) is 91.6 Å². The molecule has 2 amide bonds. The molecule has 1 aromatic carbocycles. The maximum absolute atomic E-state index is 13.3. The lowest BCUT2D eigenvalue weighted by atomic mass is 10.0. The smallest absolute Gasteiger partial charge is 0.248 e. The van der Waals surface area contributed by atoms with Crippen LogP contribution in [0.5, 0.6) is 0 Å². The summed E-state index contributed by atoms with van der Waals surface area (Å²) in [5.74, 6) is 1.04. The van der Waals surface area contributed by atoms with Gasteiger partial charge in [-0.15, -0.1) is 0 Å². The number of likely N-dealkylation sites (tertiary alicyclic amines) is 2. The molecule has 0 spiro atoms. The lowest BCUT2D eigenvalue weighted by molar-refractivity contribution is -0.136. The Morgan fingerprint density at radius 3 is 2.62 bits per heavy atom. The molecule has 194 valence electrons. The Kier molecular flexibility index (Phi) is 7.31. The Bertz CT molecular complexity index is 1300. The van der Waals surface area contributed by atoms with E-state index >= 15 is 0 Å². The number of nitrogens with one attached hydrogen (secondary N) is 1. The summed E-state index contributed by atoms with van der Waals surface area (Å²) >= 11 is 6.17. The Morgan fingerprint density at radius 2 is 1.92 bits per heavy atom. The number of anilines is 1. The van der Waals surface area contributed by atoms with Gasteiger partial charge in [-0.05, 0) is 74.9 Å². The lowest BCUT2D eigenvalue weighted by Gasteiger charge is -2.39. The quantitative estimate of drug-likeness (QED) is 0.495. The van der Waals surface area contributed by atoms with Crippen LogP contribution in [0.3, 0.4) is 0 Å². The predicted molar refractivity (Wildman–Crippen MR) is 142 cm³/mol. The van der Waals surface area contributed by atoms with Crippen molar-refractivity contribution in [1.29, 1.82) is 0 Å². The third-order valence-electron chi connectivity index (χ3n) is 7.47. The van der Waals surface area contributed by atoms with Crippen molar-refractivity contribution in [2.75, 3.05) is 18.4 Å². The van der Waals surface area contributed by atoms with E-state index in [1.165, 1.54) is 5.56 Å². The van der Waals surface area contributed by atoms with E-state index in [0.29, 0.717) is 24.4 Å². The zero-order valence-electron chi connectivity index (χ0n) is 21.5. The zero-order chi connectivity index (χ0) is 26.1. The number of carbonyl (C=O) groups excluding carboxylic acids is 2. The van der Waals surface area contributed by atoms with Gasteiger partial charge in [0.2, 0.25) is 11.8 Å². The van der Waals surface area contributed by atoms with Gasteiger partial charge in [-0.2, -0.15) is 0 Å². The van der Waals surface area contributed by atoms with Gasteiger partial charge in [-0.1, -0.05) is 28.9 Å². The minimum atomic E-state index is -0.479. The number of amides is 2. The number of aryl methyl sites for hydroxylation is 3. The molecule has 5 rings (SSSR count). The standard InChI is InChI=1S/C28H32ClN5O3/c1-17-14-20(4-5-23(17)29)16-33-12-9-22(10-13-33)34-24(6-7-26(34)35)28(36)31-25-15-21(8-11-30-25)27-18(2)32-37-19(27)3/h4-5,8,11,14-15,22,24H,6-7,9-10,12-13,16H2,1-3H3,(H,30,31,36). The van der Waals surface area contributed by atoms with E-state index in [1.807, 2.05) is 43.9 Å². The second kappa shape index (κ2) is 10.6. The molecule has 0 saturated carbocycles. The highest BCUT2D eigenvalue weighted by molar-refractivity contribution is 6.31. The molecule has 8 nitrogen and oxygen atoms in total. The van der Waals surface area contributed by atoms with Crippen LogP contribution in [-0.2, 0) is 16.1 Å². The molecule has 1 unspecified atom stereocenters. The number of hydrogen-bond donors (Lipinski definition) is 1. The molecular formula is C28H32ClN5O3. The van der Waals surface area contributed by atoms with Crippen molar-refractivity contribution in [3.63, 3.8) is 0 Å². The lowest BCUT2D eigenvalue weighted by Crippen LogP contribution is -2.51. The van der Waals surface area contributed by atoms with E-state index in [2.05, 4.69) is 32.5 Å². The minimum absolute atomic E-state index is 0.0596. The van der Waals surface area contributed by atoms with E-state index in [9.17, 15) is 9.59 Å². The van der Waals surface area contributed by atoms with Crippen LogP contribution in [0, 0.1) is 20.8 Å². The first-order valence-electron chi connectivity index (χ1n) is 12.8. The number of halogens is 1. The van der Waals surface area contributed by atoms with Crippen molar-refractivity contribution >= 4 is 29.2 Å². The van der Waals surface area contributed by atoms with E-state index in [0.717, 1.165) is 59.9 Å². The third-order valence-corrected chi connectivity index (χ3v) is 7.89. The summed E-state index contributed by atoms with van der Waals surface area (Å²) in [4.78, 5) is 34.7. The van der Waals surface area contributed by atoms with Gasteiger partial charge >= 0.3 is 0 Å². The molecule has 0 aliphatic carbocycles. The summed E-state index contributed by atoms with van der Waals surface area (Å²) in [6.07, 6.45) is 4.28. The van der Waals surface area contributed by atoms with Crippen LogP contribution < -0.4 is 5.32 Å². The summed E-state index contributed by atoms with van der Waals surface area (Å²) in [6, 6.07) is 9.43. The fraction of sp³-hybridized carbons (Fsp3) is 0.429. The van der Waals surface area contributed by atoms with E-state index < -0.39 is 6.04 Å². The summed E-state index contributed by atoms with van der Waals surface area (Å²) in [6.45, 7) is 8.38. The Labute approximate surface area is 222 Å². The number of piperidine rings is 1. The highest BCUT2D eigenvalue weighted by Crippen LogP contribution is 2.30. The van der Waals surface area contributed by atoms with Crippen molar-refractivity contribution in [2.45, 2.75) is 65.1 Å². The van der Waals surface area contributed by atoms with Crippen molar-refractivity contribution in [3.05, 3.63) is 64.1 Å². The highest BCUT2D eigenvalue weighted by atomic mass is 35.5. The molecule has 4 heterocycles. The fourth-order valence-electron chi connectivity index (χ4n) is 5.60. The summed E-state index contributed by atoms with van der Waals surface area (Å²) in [5.41, 5.74) is 4.88. The molecule has 9 heteroatoms. The molecule has 2 fully saturated rings. The average Bonchev–Trinajstić information content (AvgIpc) is 3.43. The number of nitrogens with zero attached hydrogens (tertiary/aromatic N) is 4. The van der Waals surface area contributed by atoms with E-state index in [-0.39, 0.29) is 17.9 Å². The monoisotopic (exact) mass is 521 g/mol. The SMILES string of the molecule is Cc1cc(CN2CCC(N3C(=O)CCC3C(=O)Nc3cc(-c4c(C)noc4C)ccn3)CC2)ccc1Cl. The Hall–Kier alpha value is -3.23. The molecule has 2 aliphatic heterocycles. The van der Waals surface area contributed by atoms with Crippen molar-refractivity contribution in [2.24, 2.45) is 0 Å². The Morgan fingerprint density at radius 1 is 1.14 bits per heavy atom. The second-order valence-corrected chi connectivity index (χ2v) is 10.5. The summed E-state index contributed by atoms with van der Waals surface area (Å²) in [7, 11) is 0. The van der Waals surface area contributed by atoms with Crippen LogP contribution in [-0.4, -0.2) is 56.9 Å².